The Morgan fingerprint density at radius 3 is 2.57 bits per heavy atom. The van der Waals surface area contributed by atoms with Gasteiger partial charge in [0.15, 0.2) is 0 Å². The van der Waals surface area contributed by atoms with Crippen LogP contribution >= 0.6 is 0 Å². The standard InChI is InChI=1S/C17H20N2O2/c1-12-11-15(19-9-4-2-3-5-10-19)13-7-6-8-14(17(20)21)16(13)18-12/h6-8,11H,2-5,9-10H2,1H3,(H,20,21). The lowest BCUT2D eigenvalue weighted by atomic mass is 10.1. The summed E-state index contributed by atoms with van der Waals surface area (Å²) in [5.74, 6) is -0.916. The van der Waals surface area contributed by atoms with Crippen LogP contribution < -0.4 is 4.90 Å². The monoisotopic (exact) mass is 284 g/mol. The van der Waals surface area contributed by atoms with Gasteiger partial charge in [0.2, 0.25) is 0 Å². The Morgan fingerprint density at radius 2 is 1.90 bits per heavy atom. The highest BCUT2D eigenvalue weighted by molar-refractivity contribution is 6.05. The van der Waals surface area contributed by atoms with Crippen molar-refractivity contribution in [1.82, 2.24) is 4.98 Å². The molecule has 0 bridgehead atoms. The lowest BCUT2D eigenvalue weighted by molar-refractivity contribution is 0.0699. The molecule has 3 rings (SSSR count). The number of carbonyl (C=O) groups is 1. The average molecular weight is 284 g/mol. The number of nitrogens with zero attached hydrogens (tertiary/aromatic N) is 2. The number of fused-ring (bicyclic) bond motifs is 1. The second-order valence-electron chi connectivity index (χ2n) is 5.69. The van der Waals surface area contributed by atoms with E-state index in [2.05, 4.69) is 16.0 Å². The maximum Gasteiger partial charge on any atom is 0.337 e. The molecule has 1 N–H and O–H groups in total. The Balaban J connectivity index is 2.17. The molecule has 0 radical (unpaired) electrons. The molecule has 1 aromatic heterocycles. The first-order chi connectivity index (χ1) is 10.2. The van der Waals surface area contributed by atoms with Crippen LogP contribution in [0.3, 0.4) is 0 Å². The molecule has 0 atom stereocenters. The largest absolute Gasteiger partial charge is 0.478 e. The molecule has 4 nitrogen and oxygen atoms in total. The van der Waals surface area contributed by atoms with Crippen molar-refractivity contribution in [2.45, 2.75) is 32.6 Å². The first-order valence-corrected chi connectivity index (χ1v) is 7.55. The summed E-state index contributed by atoms with van der Waals surface area (Å²) in [6.07, 6.45) is 4.95. The number of hydrogen-bond acceptors (Lipinski definition) is 3. The van der Waals surface area contributed by atoms with Gasteiger partial charge in [0.05, 0.1) is 11.1 Å². The van der Waals surface area contributed by atoms with E-state index >= 15 is 0 Å². The van der Waals surface area contributed by atoms with E-state index in [1.165, 1.54) is 25.7 Å². The van der Waals surface area contributed by atoms with E-state index in [4.69, 9.17) is 0 Å². The Bertz CT molecular complexity index is 674. The van der Waals surface area contributed by atoms with Crippen molar-refractivity contribution >= 4 is 22.6 Å². The second-order valence-corrected chi connectivity index (χ2v) is 5.69. The van der Waals surface area contributed by atoms with Gasteiger partial charge in [-0.15, -0.1) is 0 Å². The molecule has 2 aromatic rings. The van der Waals surface area contributed by atoms with Gasteiger partial charge in [-0.3, -0.25) is 4.98 Å². The van der Waals surface area contributed by atoms with Gasteiger partial charge in [0.25, 0.3) is 0 Å². The highest BCUT2D eigenvalue weighted by atomic mass is 16.4. The van der Waals surface area contributed by atoms with Gasteiger partial charge in [-0.25, -0.2) is 4.79 Å². The number of aryl methyl sites for hydroxylation is 1. The number of aromatic nitrogens is 1. The van der Waals surface area contributed by atoms with Crippen molar-refractivity contribution in [3.63, 3.8) is 0 Å². The summed E-state index contributed by atoms with van der Waals surface area (Å²) in [5.41, 5.74) is 2.88. The highest BCUT2D eigenvalue weighted by Crippen LogP contribution is 2.30. The van der Waals surface area contributed by atoms with E-state index in [9.17, 15) is 9.90 Å². The van der Waals surface area contributed by atoms with Crippen LogP contribution in [-0.2, 0) is 0 Å². The molecular weight excluding hydrogens is 264 g/mol. The van der Waals surface area contributed by atoms with Crippen molar-refractivity contribution in [3.05, 3.63) is 35.5 Å². The Kier molecular flexibility index (Phi) is 3.78. The van der Waals surface area contributed by atoms with Gasteiger partial charge in [-0.05, 0) is 31.9 Å². The van der Waals surface area contributed by atoms with E-state index in [1.807, 2.05) is 19.1 Å². The normalized spacial score (nSPS) is 16.0. The fourth-order valence-electron chi connectivity index (χ4n) is 3.10. The molecule has 1 saturated heterocycles. The quantitative estimate of drug-likeness (QED) is 0.915. The highest BCUT2D eigenvalue weighted by Gasteiger charge is 2.17. The van der Waals surface area contributed by atoms with Crippen LogP contribution in [0.2, 0.25) is 0 Å². The van der Waals surface area contributed by atoms with Crippen molar-refractivity contribution in [2.75, 3.05) is 18.0 Å². The van der Waals surface area contributed by atoms with Crippen molar-refractivity contribution in [2.24, 2.45) is 0 Å². The number of carboxylic acid groups (broad SMARTS) is 1. The molecular formula is C17H20N2O2. The SMILES string of the molecule is Cc1cc(N2CCCCCC2)c2cccc(C(=O)O)c2n1. The first-order valence-electron chi connectivity index (χ1n) is 7.55. The molecule has 1 fully saturated rings. The molecule has 110 valence electrons. The maximum atomic E-state index is 11.4. The molecule has 4 heteroatoms. The van der Waals surface area contributed by atoms with Crippen LogP contribution in [-0.4, -0.2) is 29.1 Å². The van der Waals surface area contributed by atoms with Gasteiger partial charge in [0.1, 0.15) is 0 Å². The lowest BCUT2D eigenvalue weighted by Gasteiger charge is -2.25. The van der Waals surface area contributed by atoms with Crippen molar-refractivity contribution < 1.29 is 9.90 Å². The predicted octanol–water partition coefficient (Wildman–Crippen LogP) is 3.62. The molecule has 2 heterocycles. The fourth-order valence-corrected chi connectivity index (χ4v) is 3.10. The summed E-state index contributed by atoms with van der Waals surface area (Å²) in [6.45, 7) is 4.01. The molecule has 0 spiro atoms. The van der Waals surface area contributed by atoms with E-state index in [1.54, 1.807) is 6.07 Å². The van der Waals surface area contributed by atoms with Gasteiger partial charge in [0, 0.05) is 29.9 Å². The van der Waals surface area contributed by atoms with E-state index in [-0.39, 0.29) is 5.56 Å². The molecule has 0 amide bonds. The number of benzene rings is 1. The summed E-state index contributed by atoms with van der Waals surface area (Å²) in [4.78, 5) is 18.3. The van der Waals surface area contributed by atoms with E-state index in [0.717, 1.165) is 29.9 Å². The number of para-hydroxylation sites is 1. The van der Waals surface area contributed by atoms with E-state index in [0.29, 0.717) is 5.52 Å². The molecule has 1 aliphatic heterocycles. The van der Waals surface area contributed by atoms with Crippen LogP contribution in [0.15, 0.2) is 24.3 Å². The second kappa shape index (κ2) is 5.72. The number of rotatable bonds is 2. The average Bonchev–Trinajstić information content (AvgIpc) is 2.74. The molecule has 1 aromatic carbocycles. The van der Waals surface area contributed by atoms with Gasteiger partial charge in [-0.2, -0.15) is 0 Å². The zero-order valence-corrected chi connectivity index (χ0v) is 12.3. The summed E-state index contributed by atoms with van der Waals surface area (Å²) < 4.78 is 0. The zero-order valence-electron chi connectivity index (χ0n) is 12.3. The van der Waals surface area contributed by atoms with Crippen LogP contribution in [0.4, 0.5) is 5.69 Å². The van der Waals surface area contributed by atoms with Crippen molar-refractivity contribution in [3.8, 4) is 0 Å². The minimum atomic E-state index is -0.916. The molecule has 0 unspecified atom stereocenters. The molecule has 21 heavy (non-hydrogen) atoms. The topological polar surface area (TPSA) is 53.4 Å². The van der Waals surface area contributed by atoms with Gasteiger partial charge >= 0.3 is 5.97 Å². The van der Waals surface area contributed by atoms with Crippen molar-refractivity contribution in [1.29, 1.82) is 0 Å². The zero-order chi connectivity index (χ0) is 14.8. The number of pyridine rings is 1. The van der Waals surface area contributed by atoms with Gasteiger partial charge < -0.3 is 10.0 Å². The lowest BCUT2D eigenvalue weighted by Crippen LogP contribution is -2.24. The third kappa shape index (κ3) is 2.71. The van der Waals surface area contributed by atoms with Crippen LogP contribution in [0.5, 0.6) is 0 Å². The molecule has 0 saturated carbocycles. The van der Waals surface area contributed by atoms with E-state index < -0.39 is 5.97 Å². The smallest absolute Gasteiger partial charge is 0.337 e. The summed E-state index contributed by atoms with van der Waals surface area (Å²) in [7, 11) is 0. The summed E-state index contributed by atoms with van der Waals surface area (Å²) in [6, 6.07) is 7.50. The van der Waals surface area contributed by atoms with Crippen LogP contribution in [0.25, 0.3) is 10.9 Å². The molecule has 0 aliphatic carbocycles. The fraction of sp³-hybridized carbons (Fsp3) is 0.412. The van der Waals surface area contributed by atoms with Crippen LogP contribution in [0.1, 0.15) is 41.7 Å². The summed E-state index contributed by atoms with van der Waals surface area (Å²) >= 11 is 0. The Labute approximate surface area is 124 Å². The third-order valence-electron chi connectivity index (χ3n) is 4.12. The number of aromatic carboxylic acids is 1. The first kappa shape index (κ1) is 13.9. The molecule has 1 aliphatic rings. The minimum absolute atomic E-state index is 0.285. The third-order valence-corrected chi connectivity index (χ3v) is 4.12. The Hall–Kier alpha value is -2.10. The van der Waals surface area contributed by atoms with Gasteiger partial charge in [-0.1, -0.05) is 25.0 Å². The predicted molar refractivity (Wildman–Crippen MR) is 84.1 cm³/mol. The Morgan fingerprint density at radius 1 is 1.19 bits per heavy atom. The number of anilines is 1. The maximum absolute atomic E-state index is 11.4. The number of hydrogen-bond donors (Lipinski definition) is 1. The minimum Gasteiger partial charge on any atom is -0.478 e. The summed E-state index contributed by atoms with van der Waals surface area (Å²) in [5, 5.41) is 10.3. The van der Waals surface area contributed by atoms with Crippen LogP contribution in [0, 0.1) is 6.92 Å². The number of carboxylic acids is 1.